The largest absolute Gasteiger partial charge is 0.325 e. The summed E-state index contributed by atoms with van der Waals surface area (Å²) in [4.78, 5) is 17.1. The van der Waals surface area contributed by atoms with Crippen molar-refractivity contribution in [1.29, 1.82) is 0 Å². The maximum absolute atomic E-state index is 13.4. The number of pyridine rings is 1. The maximum atomic E-state index is 13.4. The number of nitrogens with zero attached hydrogens (tertiary/aromatic N) is 2. The first-order valence-electron chi connectivity index (χ1n) is 11.4. The highest BCUT2D eigenvalue weighted by atomic mass is 32.2. The Bertz CT molecular complexity index is 1360. The minimum atomic E-state index is -3.93. The van der Waals surface area contributed by atoms with Gasteiger partial charge in [-0.3, -0.25) is 14.1 Å². The first-order chi connectivity index (χ1) is 17.0. The van der Waals surface area contributed by atoms with Gasteiger partial charge in [-0.25, -0.2) is 8.42 Å². The monoisotopic (exact) mass is 485 g/mol. The number of nitrogens with one attached hydrogen (secondary N) is 1. The molecule has 0 unspecified atom stereocenters. The van der Waals surface area contributed by atoms with Crippen LogP contribution in [0, 0.1) is 0 Å². The number of hydrogen-bond donors (Lipinski definition) is 1. The van der Waals surface area contributed by atoms with Gasteiger partial charge in [0.15, 0.2) is 0 Å². The topological polar surface area (TPSA) is 79.4 Å². The predicted molar refractivity (Wildman–Crippen MR) is 139 cm³/mol. The van der Waals surface area contributed by atoms with Crippen LogP contribution in [0.25, 0.3) is 0 Å². The van der Waals surface area contributed by atoms with E-state index in [1.54, 1.807) is 42.7 Å². The molecule has 1 heterocycles. The number of benzene rings is 3. The smallest absolute Gasteiger partial charge is 0.264 e. The van der Waals surface area contributed by atoms with Crippen LogP contribution < -0.4 is 9.62 Å². The second-order valence-electron chi connectivity index (χ2n) is 8.12. The van der Waals surface area contributed by atoms with Gasteiger partial charge in [0.2, 0.25) is 5.91 Å². The lowest BCUT2D eigenvalue weighted by molar-refractivity contribution is -0.114. The van der Waals surface area contributed by atoms with E-state index in [1.807, 2.05) is 55.5 Å². The first-order valence-corrected chi connectivity index (χ1v) is 12.8. The molecule has 0 radical (unpaired) electrons. The van der Waals surface area contributed by atoms with Gasteiger partial charge in [0.1, 0.15) is 6.54 Å². The number of carbonyl (C=O) groups is 1. The summed E-state index contributed by atoms with van der Waals surface area (Å²) in [6, 6.07) is 26.8. The fourth-order valence-electron chi connectivity index (χ4n) is 3.71. The standard InChI is InChI=1S/C28H27N3O3S/c1-2-22-10-14-26(15-11-22)31(35(33,34)27-6-4-3-5-7-27)21-28(32)30-25-12-8-23(9-13-25)20-24-16-18-29-19-17-24/h3-19H,2,20-21H2,1H3,(H,30,32). The molecule has 0 aliphatic heterocycles. The molecule has 3 aromatic carbocycles. The quantitative estimate of drug-likeness (QED) is 0.359. The minimum Gasteiger partial charge on any atom is -0.325 e. The van der Waals surface area contributed by atoms with Crippen molar-refractivity contribution in [3.63, 3.8) is 0 Å². The minimum absolute atomic E-state index is 0.132. The Kier molecular flexibility index (Phi) is 7.57. The number of carbonyl (C=O) groups excluding carboxylic acids is 1. The van der Waals surface area contributed by atoms with E-state index < -0.39 is 15.9 Å². The van der Waals surface area contributed by atoms with Gasteiger partial charge in [0, 0.05) is 18.1 Å². The van der Waals surface area contributed by atoms with Crippen molar-refractivity contribution in [3.05, 3.63) is 120 Å². The summed E-state index contributed by atoms with van der Waals surface area (Å²) >= 11 is 0. The zero-order valence-corrected chi connectivity index (χ0v) is 20.3. The number of sulfonamides is 1. The predicted octanol–water partition coefficient (Wildman–Crippen LogP) is 5.07. The molecule has 0 aliphatic rings. The van der Waals surface area contributed by atoms with Crippen LogP contribution in [0.3, 0.4) is 0 Å². The molecule has 7 heteroatoms. The summed E-state index contributed by atoms with van der Waals surface area (Å²) in [5, 5.41) is 2.82. The van der Waals surface area contributed by atoms with Gasteiger partial charge in [-0.1, -0.05) is 49.4 Å². The van der Waals surface area contributed by atoms with Gasteiger partial charge in [-0.15, -0.1) is 0 Å². The van der Waals surface area contributed by atoms with Crippen LogP contribution in [0.15, 0.2) is 108 Å². The number of hydrogen-bond acceptors (Lipinski definition) is 4. The van der Waals surface area contributed by atoms with Gasteiger partial charge in [0.25, 0.3) is 10.0 Å². The van der Waals surface area contributed by atoms with Crippen LogP contribution in [-0.2, 0) is 27.7 Å². The molecule has 0 saturated heterocycles. The van der Waals surface area contributed by atoms with E-state index >= 15 is 0 Å². The van der Waals surface area contributed by atoms with Crippen LogP contribution in [0.1, 0.15) is 23.6 Å². The van der Waals surface area contributed by atoms with Crippen molar-refractivity contribution in [2.75, 3.05) is 16.2 Å². The second-order valence-corrected chi connectivity index (χ2v) is 9.98. The Hall–Kier alpha value is -3.97. The number of aryl methyl sites for hydroxylation is 1. The molecule has 0 bridgehead atoms. The molecular weight excluding hydrogens is 458 g/mol. The molecule has 0 spiro atoms. The van der Waals surface area contributed by atoms with E-state index in [-0.39, 0.29) is 11.4 Å². The van der Waals surface area contributed by atoms with E-state index in [2.05, 4.69) is 10.3 Å². The number of rotatable bonds is 9. The van der Waals surface area contributed by atoms with Gasteiger partial charge >= 0.3 is 0 Å². The molecule has 1 aromatic heterocycles. The van der Waals surface area contributed by atoms with Gasteiger partial charge in [-0.05, 0) is 78.1 Å². The number of anilines is 2. The van der Waals surface area contributed by atoms with E-state index in [0.717, 1.165) is 33.8 Å². The molecule has 0 aliphatic carbocycles. The summed E-state index contributed by atoms with van der Waals surface area (Å²) in [5.41, 5.74) is 4.37. The second kappa shape index (κ2) is 11.0. The van der Waals surface area contributed by atoms with E-state index in [4.69, 9.17) is 0 Å². The molecule has 35 heavy (non-hydrogen) atoms. The lowest BCUT2D eigenvalue weighted by Gasteiger charge is -2.24. The molecular formula is C28H27N3O3S. The fraction of sp³-hybridized carbons (Fsp3) is 0.143. The Morgan fingerprint density at radius 2 is 1.40 bits per heavy atom. The molecule has 0 fully saturated rings. The van der Waals surface area contributed by atoms with Gasteiger partial charge in [-0.2, -0.15) is 0 Å². The summed E-state index contributed by atoms with van der Waals surface area (Å²) in [6.07, 6.45) is 5.11. The molecule has 1 amide bonds. The van der Waals surface area contributed by atoms with Crippen LogP contribution in [0.5, 0.6) is 0 Å². The van der Waals surface area contributed by atoms with E-state index in [0.29, 0.717) is 11.4 Å². The van der Waals surface area contributed by atoms with Crippen LogP contribution >= 0.6 is 0 Å². The van der Waals surface area contributed by atoms with E-state index in [1.165, 1.54) is 12.1 Å². The van der Waals surface area contributed by atoms with Crippen LogP contribution in [0.2, 0.25) is 0 Å². The fourth-order valence-corrected chi connectivity index (χ4v) is 5.15. The summed E-state index contributed by atoms with van der Waals surface area (Å²) in [6.45, 7) is 1.69. The van der Waals surface area contributed by atoms with Crippen molar-refractivity contribution < 1.29 is 13.2 Å². The van der Waals surface area contributed by atoms with Crippen molar-refractivity contribution in [2.24, 2.45) is 0 Å². The molecule has 0 saturated carbocycles. The highest BCUT2D eigenvalue weighted by molar-refractivity contribution is 7.92. The molecule has 178 valence electrons. The van der Waals surface area contributed by atoms with Crippen LogP contribution in [0.4, 0.5) is 11.4 Å². The first kappa shape index (κ1) is 24.2. The molecule has 0 atom stereocenters. The van der Waals surface area contributed by atoms with Gasteiger partial charge in [0.05, 0.1) is 10.6 Å². The summed E-state index contributed by atoms with van der Waals surface area (Å²) in [7, 11) is -3.93. The SMILES string of the molecule is CCc1ccc(N(CC(=O)Nc2ccc(Cc3ccncc3)cc2)S(=O)(=O)c2ccccc2)cc1. The lowest BCUT2D eigenvalue weighted by Crippen LogP contribution is -2.38. The summed E-state index contributed by atoms with van der Waals surface area (Å²) < 4.78 is 28.0. The van der Waals surface area contributed by atoms with E-state index in [9.17, 15) is 13.2 Å². The third-order valence-electron chi connectivity index (χ3n) is 5.65. The molecule has 1 N–H and O–H groups in total. The zero-order valence-electron chi connectivity index (χ0n) is 19.5. The maximum Gasteiger partial charge on any atom is 0.264 e. The average Bonchev–Trinajstić information content (AvgIpc) is 2.89. The number of aromatic nitrogens is 1. The van der Waals surface area contributed by atoms with Crippen molar-refractivity contribution in [2.45, 2.75) is 24.7 Å². The average molecular weight is 486 g/mol. The molecule has 6 nitrogen and oxygen atoms in total. The third-order valence-corrected chi connectivity index (χ3v) is 7.43. The Labute approximate surface area is 206 Å². The lowest BCUT2D eigenvalue weighted by atomic mass is 10.1. The van der Waals surface area contributed by atoms with Gasteiger partial charge < -0.3 is 5.32 Å². The molecule has 4 rings (SSSR count). The normalized spacial score (nSPS) is 11.1. The number of amides is 1. The summed E-state index contributed by atoms with van der Waals surface area (Å²) in [5.74, 6) is -0.425. The Morgan fingerprint density at radius 3 is 2.03 bits per heavy atom. The third kappa shape index (κ3) is 6.13. The molecule has 4 aromatic rings. The highest BCUT2D eigenvalue weighted by Crippen LogP contribution is 2.24. The van der Waals surface area contributed by atoms with Crippen molar-refractivity contribution in [3.8, 4) is 0 Å². The van der Waals surface area contributed by atoms with Crippen molar-refractivity contribution in [1.82, 2.24) is 4.98 Å². The Balaban J connectivity index is 1.52. The highest BCUT2D eigenvalue weighted by Gasteiger charge is 2.27. The zero-order chi connectivity index (χ0) is 24.7. The van der Waals surface area contributed by atoms with Crippen molar-refractivity contribution >= 4 is 27.3 Å². The Morgan fingerprint density at radius 1 is 0.800 bits per heavy atom. The van der Waals surface area contributed by atoms with Crippen LogP contribution in [-0.4, -0.2) is 25.9 Å².